The Morgan fingerprint density at radius 1 is 1.07 bits per heavy atom. The lowest BCUT2D eigenvalue weighted by atomic mass is 10.1. The number of carbonyl (C=O) groups excluding carboxylic acids is 1. The number of thioether (sulfide) groups is 1. The van der Waals surface area contributed by atoms with Gasteiger partial charge >= 0.3 is 0 Å². The number of fused-ring (bicyclic) bond motifs is 1. The zero-order valence-corrected chi connectivity index (χ0v) is 17.3. The maximum atomic E-state index is 13.3. The number of aromatic nitrogens is 2. The van der Waals surface area contributed by atoms with Gasteiger partial charge in [0.1, 0.15) is 0 Å². The summed E-state index contributed by atoms with van der Waals surface area (Å²) >= 11 is 1.89. The third kappa shape index (κ3) is 3.83. The Labute approximate surface area is 169 Å². The number of hydrogen-bond donors (Lipinski definition) is 1. The monoisotopic (exact) mass is 392 g/mol. The largest absolute Gasteiger partial charge is 0.354 e. The van der Waals surface area contributed by atoms with Crippen molar-refractivity contribution < 1.29 is 4.79 Å². The molecule has 28 heavy (non-hydrogen) atoms. The quantitative estimate of drug-likeness (QED) is 0.712. The van der Waals surface area contributed by atoms with Crippen molar-refractivity contribution in [2.75, 3.05) is 29.9 Å². The van der Waals surface area contributed by atoms with Crippen molar-refractivity contribution in [1.82, 2.24) is 14.9 Å². The van der Waals surface area contributed by atoms with Crippen molar-refractivity contribution in [2.45, 2.75) is 20.8 Å². The number of anilines is 2. The minimum atomic E-state index is 0.0298. The molecule has 1 fully saturated rings. The van der Waals surface area contributed by atoms with Gasteiger partial charge in [0.05, 0.1) is 11.3 Å². The number of rotatable bonds is 3. The van der Waals surface area contributed by atoms with Crippen LogP contribution in [0.3, 0.4) is 0 Å². The average Bonchev–Trinajstić information content (AvgIpc) is 2.67. The highest BCUT2D eigenvalue weighted by atomic mass is 32.2. The molecule has 144 valence electrons. The van der Waals surface area contributed by atoms with E-state index in [1.54, 1.807) is 6.20 Å². The molecule has 3 aromatic rings. The Morgan fingerprint density at radius 3 is 2.50 bits per heavy atom. The number of hydrogen-bond acceptors (Lipinski definition) is 5. The van der Waals surface area contributed by atoms with E-state index in [-0.39, 0.29) is 5.91 Å². The second-order valence-electron chi connectivity index (χ2n) is 7.28. The molecule has 0 bridgehead atoms. The summed E-state index contributed by atoms with van der Waals surface area (Å²) in [4.78, 5) is 24.2. The third-order valence-corrected chi connectivity index (χ3v) is 5.83. The van der Waals surface area contributed by atoms with Crippen LogP contribution in [-0.2, 0) is 0 Å². The molecule has 0 spiro atoms. The summed E-state index contributed by atoms with van der Waals surface area (Å²) in [5, 5.41) is 4.37. The number of nitrogens with zero attached hydrogens (tertiary/aromatic N) is 3. The molecule has 2 aromatic heterocycles. The number of aryl methyl sites for hydroxylation is 3. The van der Waals surface area contributed by atoms with Gasteiger partial charge in [-0.1, -0.05) is 6.07 Å². The first-order chi connectivity index (χ1) is 13.5. The van der Waals surface area contributed by atoms with Gasteiger partial charge in [0.2, 0.25) is 0 Å². The van der Waals surface area contributed by atoms with Crippen LogP contribution in [0.5, 0.6) is 0 Å². The van der Waals surface area contributed by atoms with Gasteiger partial charge in [0.25, 0.3) is 5.91 Å². The Hall–Kier alpha value is -2.60. The van der Waals surface area contributed by atoms with E-state index in [2.05, 4.69) is 47.3 Å². The third-order valence-electron chi connectivity index (χ3n) is 4.89. The highest BCUT2D eigenvalue weighted by Gasteiger charge is 2.23. The zero-order chi connectivity index (χ0) is 19.7. The Bertz CT molecular complexity index is 1020. The highest BCUT2D eigenvalue weighted by molar-refractivity contribution is 7.99. The molecule has 1 amide bonds. The van der Waals surface area contributed by atoms with E-state index in [1.807, 2.05) is 35.7 Å². The first kappa shape index (κ1) is 18.7. The van der Waals surface area contributed by atoms with Crippen LogP contribution in [0.1, 0.15) is 27.2 Å². The number of pyridine rings is 2. The van der Waals surface area contributed by atoms with Crippen LogP contribution < -0.4 is 5.32 Å². The fourth-order valence-corrected chi connectivity index (χ4v) is 4.50. The molecule has 3 heterocycles. The Balaban J connectivity index is 1.83. The molecule has 0 unspecified atom stereocenters. The zero-order valence-electron chi connectivity index (χ0n) is 16.5. The molecule has 0 atom stereocenters. The molecule has 1 aromatic carbocycles. The van der Waals surface area contributed by atoms with Gasteiger partial charge in [-0.3, -0.25) is 4.79 Å². The van der Waals surface area contributed by atoms with Crippen molar-refractivity contribution in [3.05, 3.63) is 58.9 Å². The molecular weight excluding hydrogens is 368 g/mol. The minimum Gasteiger partial charge on any atom is -0.354 e. The molecule has 1 aliphatic heterocycles. The first-order valence-electron chi connectivity index (χ1n) is 9.50. The van der Waals surface area contributed by atoms with E-state index >= 15 is 0 Å². The molecule has 0 radical (unpaired) electrons. The van der Waals surface area contributed by atoms with E-state index in [0.29, 0.717) is 11.2 Å². The van der Waals surface area contributed by atoms with Crippen LogP contribution >= 0.6 is 11.8 Å². The van der Waals surface area contributed by atoms with Gasteiger partial charge in [0, 0.05) is 47.6 Å². The molecule has 5 nitrogen and oxygen atoms in total. The lowest BCUT2D eigenvalue weighted by molar-refractivity contribution is 0.0773. The van der Waals surface area contributed by atoms with Crippen molar-refractivity contribution in [3.8, 4) is 0 Å². The van der Waals surface area contributed by atoms with E-state index in [0.717, 1.165) is 47.1 Å². The number of amides is 1. The number of carbonyl (C=O) groups is 1. The van der Waals surface area contributed by atoms with Gasteiger partial charge in [0.15, 0.2) is 5.65 Å². The minimum absolute atomic E-state index is 0.0298. The molecule has 4 rings (SSSR count). The van der Waals surface area contributed by atoms with Crippen LogP contribution in [0.2, 0.25) is 0 Å². The molecule has 6 heteroatoms. The van der Waals surface area contributed by atoms with Gasteiger partial charge in [-0.15, -0.1) is 0 Å². The molecule has 0 aliphatic carbocycles. The standard InChI is InChI=1S/C22H24N4OS/c1-14-10-15(2)12-17(11-14)25-20-18-5-4-16(3)24-21(18)23-13-19(20)22(27)26-6-8-28-9-7-26/h4-5,10-13H,6-9H2,1-3H3,(H,23,24,25). The summed E-state index contributed by atoms with van der Waals surface area (Å²) in [5.74, 6) is 1.99. The fourth-order valence-electron chi connectivity index (χ4n) is 3.60. The van der Waals surface area contributed by atoms with E-state index in [9.17, 15) is 4.79 Å². The van der Waals surface area contributed by atoms with Crippen molar-refractivity contribution in [2.24, 2.45) is 0 Å². The fraction of sp³-hybridized carbons (Fsp3) is 0.318. The van der Waals surface area contributed by atoms with Crippen LogP contribution in [0.15, 0.2) is 36.5 Å². The maximum absolute atomic E-state index is 13.3. The SMILES string of the molecule is Cc1cc(C)cc(Nc2c(C(=O)N3CCSCC3)cnc3nc(C)ccc23)c1. The predicted octanol–water partition coefficient (Wildman–Crippen LogP) is 4.49. The summed E-state index contributed by atoms with van der Waals surface area (Å²) in [6, 6.07) is 10.3. The summed E-state index contributed by atoms with van der Waals surface area (Å²) in [7, 11) is 0. The van der Waals surface area contributed by atoms with Gasteiger partial charge < -0.3 is 10.2 Å². The number of benzene rings is 1. The topological polar surface area (TPSA) is 58.1 Å². The second-order valence-corrected chi connectivity index (χ2v) is 8.50. The van der Waals surface area contributed by atoms with E-state index in [4.69, 9.17) is 0 Å². The number of nitrogens with one attached hydrogen (secondary N) is 1. The first-order valence-corrected chi connectivity index (χ1v) is 10.7. The maximum Gasteiger partial charge on any atom is 0.257 e. The van der Waals surface area contributed by atoms with Crippen molar-refractivity contribution in [3.63, 3.8) is 0 Å². The summed E-state index contributed by atoms with van der Waals surface area (Å²) in [6.07, 6.45) is 1.67. The summed E-state index contributed by atoms with van der Waals surface area (Å²) in [6.45, 7) is 7.65. The van der Waals surface area contributed by atoms with Crippen molar-refractivity contribution >= 4 is 40.1 Å². The van der Waals surface area contributed by atoms with Crippen LogP contribution in [0.25, 0.3) is 11.0 Å². The predicted molar refractivity (Wildman–Crippen MR) is 117 cm³/mol. The van der Waals surface area contributed by atoms with Crippen LogP contribution in [0, 0.1) is 20.8 Å². The molecule has 0 saturated carbocycles. The molecule has 1 saturated heterocycles. The van der Waals surface area contributed by atoms with Gasteiger partial charge in [-0.05, 0) is 56.2 Å². The van der Waals surface area contributed by atoms with E-state index in [1.165, 1.54) is 11.1 Å². The summed E-state index contributed by atoms with van der Waals surface area (Å²) < 4.78 is 0. The molecular formula is C22H24N4OS. The second kappa shape index (κ2) is 7.80. The smallest absolute Gasteiger partial charge is 0.257 e. The lowest BCUT2D eigenvalue weighted by Crippen LogP contribution is -2.38. The molecule has 1 N–H and O–H groups in total. The van der Waals surface area contributed by atoms with Gasteiger partial charge in [-0.2, -0.15) is 11.8 Å². The lowest BCUT2D eigenvalue weighted by Gasteiger charge is -2.27. The Kier molecular flexibility index (Phi) is 5.22. The van der Waals surface area contributed by atoms with Crippen molar-refractivity contribution in [1.29, 1.82) is 0 Å². The van der Waals surface area contributed by atoms with Crippen LogP contribution in [0.4, 0.5) is 11.4 Å². The molecule has 1 aliphatic rings. The highest BCUT2D eigenvalue weighted by Crippen LogP contribution is 2.30. The average molecular weight is 393 g/mol. The Morgan fingerprint density at radius 2 is 1.79 bits per heavy atom. The van der Waals surface area contributed by atoms with E-state index < -0.39 is 0 Å². The summed E-state index contributed by atoms with van der Waals surface area (Å²) in [5.41, 5.74) is 6.26. The van der Waals surface area contributed by atoms with Crippen LogP contribution in [-0.4, -0.2) is 45.4 Å². The van der Waals surface area contributed by atoms with Gasteiger partial charge in [-0.25, -0.2) is 9.97 Å². The normalized spacial score (nSPS) is 14.3.